The number of piperidine rings is 1. The van der Waals surface area contributed by atoms with E-state index < -0.39 is 0 Å². The van der Waals surface area contributed by atoms with Gasteiger partial charge in [-0.2, -0.15) is 0 Å². The van der Waals surface area contributed by atoms with Crippen molar-refractivity contribution in [3.05, 3.63) is 46.5 Å². The standard InChI is InChI=1S/C19H25N3O2S/c1-14-4-3-9-22(10-14)11-17-13-25-19(20-17)21-18(23)16-7-5-15(6-8-16)12-24-2/h5-8,13-14H,3-4,9-12H2,1-2H3,(H,20,21,23). The molecule has 1 aliphatic rings. The fraction of sp³-hybridized carbons (Fsp3) is 0.474. The molecule has 1 amide bonds. The van der Waals surface area contributed by atoms with Crippen molar-refractivity contribution in [3.63, 3.8) is 0 Å². The number of ether oxygens (including phenoxy) is 1. The summed E-state index contributed by atoms with van der Waals surface area (Å²) in [5.41, 5.74) is 2.71. The zero-order valence-corrected chi connectivity index (χ0v) is 15.6. The van der Waals surface area contributed by atoms with Crippen LogP contribution in [0.25, 0.3) is 0 Å². The molecule has 0 radical (unpaired) electrons. The van der Waals surface area contributed by atoms with Crippen molar-refractivity contribution >= 4 is 22.4 Å². The summed E-state index contributed by atoms with van der Waals surface area (Å²) in [4.78, 5) is 19.4. The van der Waals surface area contributed by atoms with Gasteiger partial charge in [0.1, 0.15) is 0 Å². The summed E-state index contributed by atoms with van der Waals surface area (Å²) in [5, 5.41) is 5.59. The third-order valence-corrected chi connectivity index (χ3v) is 5.23. The van der Waals surface area contributed by atoms with Gasteiger partial charge in [-0.15, -0.1) is 11.3 Å². The minimum absolute atomic E-state index is 0.128. The van der Waals surface area contributed by atoms with Gasteiger partial charge in [0.15, 0.2) is 5.13 Å². The van der Waals surface area contributed by atoms with Gasteiger partial charge in [0.05, 0.1) is 12.3 Å². The Balaban J connectivity index is 1.56. The number of benzene rings is 1. The van der Waals surface area contributed by atoms with Gasteiger partial charge in [-0.25, -0.2) is 4.98 Å². The van der Waals surface area contributed by atoms with Crippen molar-refractivity contribution in [1.29, 1.82) is 0 Å². The summed E-state index contributed by atoms with van der Waals surface area (Å²) in [7, 11) is 1.66. The minimum Gasteiger partial charge on any atom is -0.380 e. The third kappa shape index (κ3) is 5.11. The Labute approximate surface area is 153 Å². The quantitative estimate of drug-likeness (QED) is 0.853. The molecule has 1 aliphatic heterocycles. The molecule has 1 aromatic carbocycles. The van der Waals surface area contributed by atoms with Gasteiger partial charge < -0.3 is 4.74 Å². The van der Waals surface area contributed by atoms with Gasteiger partial charge in [0, 0.05) is 31.1 Å². The molecular formula is C19H25N3O2S. The fourth-order valence-corrected chi connectivity index (χ4v) is 3.88. The van der Waals surface area contributed by atoms with Crippen LogP contribution in [0.2, 0.25) is 0 Å². The van der Waals surface area contributed by atoms with E-state index >= 15 is 0 Å². The number of hydrogen-bond acceptors (Lipinski definition) is 5. The molecule has 3 rings (SSSR count). The molecule has 1 N–H and O–H groups in total. The van der Waals surface area contributed by atoms with E-state index in [1.54, 1.807) is 7.11 Å². The first kappa shape index (κ1) is 18.0. The van der Waals surface area contributed by atoms with E-state index in [2.05, 4.69) is 22.1 Å². The van der Waals surface area contributed by atoms with E-state index in [-0.39, 0.29) is 5.91 Å². The molecule has 1 unspecified atom stereocenters. The van der Waals surface area contributed by atoms with Crippen LogP contribution in [0, 0.1) is 5.92 Å². The lowest BCUT2D eigenvalue weighted by atomic mass is 10.0. The molecule has 1 fully saturated rings. The number of nitrogens with zero attached hydrogens (tertiary/aromatic N) is 2. The maximum Gasteiger partial charge on any atom is 0.257 e. The van der Waals surface area contributed by atoms with E-state index in [1.165, 1.54) is 24.2 Å². The van der Waals surface area contributed by atoms with Gasteiger partial charge in [-0.1, -0.05) is 19.1 Å². The number of rotatable bonds is 6. The monoisotopic (exact) mass is 359 g/mol. The van der Waals surface area contributed by atoms with Crippen LogP contribution in [-0.2, 0) is 17.9 Å². The number of nitrogens with one attached hydrogen (secondary N) is 1. The second-order valence-corrected chi connectivity index (χ2v) is 7.57. The molecule has 0 saturated carbocycles. The van der Waals surface area contributed by atoms with Crippen LogP contribution in [0.15, 0.2) is 29.6 Å². The molecule has 2 aromatic rings. The minimum atomic E-state index is -0.128. The number of aromatic nitrogens is 1. The molecule has 6 heteroatoms. The Morgan fingerprint density at radius 2 is 2.20 bits per heavy atom. The van der Waals surface area contributed by atoms with E-state index in [9.17, 15) is 4.79 Å². The predicted octanol–water partition coefficient (Wildman–Crippen LogP) is 3.77. The molecule has 25 heavy (non-hydrogen) atoms. The predicted molar refractivity (Wildman–Crippen MR) is 101 cm³/mol. The Bertz CT molecular complexity index is 699. The van der Waals surface area contributed by atoms with Crippen LogP contribution in [0.5, 0.6) is 0 Å². The zero-order chi connectivity index (χ0) is 17.6. The third-order valence-electron chi connectivity index (χ3n) is 4.43. The average molecular weight is 359 g/mol. The molecule has 2 heterocycles. The van der Waals surface area contributed by atoms with E-state index in [0.29, 0.717) is 17.3 Å². The number of carbonyl (C=O) groups excluding carboxylic acids is 1. The molecule has 134 valence electrons. The van der Waals surface area contributed by atoms with E-state index in [1.807, 2.05) is 29.6 Å². The first-order valence-corrected chi connectivity index (χ1v) is 9.58. The number of anilines is 1. The molecule has 1 saturated heterocycles. The molecule has 0 aliphatic carbocycles. The van der Waals surface area contributed by atoms with E-state index in [0.717, 1.165) is 36.8 Å². The lowest BCUT2D eigenvalue weighted by molar-refractivity contribution is 0.102. The summed E-state index contributed by atoms with van der Waals surface area (Å²) in [6.07, 6.45) is 2.58. The molecule has 0 bridgehead atoms. The zero-order valence-electron chi connectivity index (χ0n) is 14.8. The van der Waals surface area contributed by atoms with E-state index in [4.69, 9.17) is 4.74 Å². The summed E-state index contributed by atoms with van der Waals surface area (Å²) in [6, 6.07) is 7.44. The lowest BCUT2D eigenvalue weighted by Gasteiger charge is -2.30. The van der Waals surface area contributed by atoms with Crippen molar-refractivity contribution in [2.75, 3.05) is 25.5 Å². The maximum absolute atomic E-state index is 12.3. The SMILES string of the molecule is COCc1ccc(C(=O)Nc2nc(CN3CCCC(C)C3)cs2)cc1. The van der Waals surface area contributed by atoms with Crippen LogP contribution >= 0.6 is 11.3 Å². The highest BCUT2D eigenvalue weighted by molar-refractivity contribution is 7.13. The van der Waals surface area contributed by atoms with Crippen molar-refractivity contribution in [2.45, 2.75) is 32.9 Å². The molecule has 1 aromatic heterocycles. The summed E-state index contributed by atoms with van der Waals surface area (Å²) < 4.78 is 5.08. The Hall–Kier alpha value is -1.76. The normalized spacial score (nSPS) is 18.2. The van der Waals surface area contributed by atoms with Crippen LogP contribution in [0.3, 0.4) is 0 Å². The first-order valence-electron chi connectivity index (χ1n) is 8.70. The first-order chi connectivity index (χ1) is 12.1. The van der Waals surface area contributed by atoms with Crippen LogP contribution in [0.4, 0.5) is 5.13 Å². The second-order valence-electron chi connectivity index (χ2n) is 6.71. The summed E-state index contributed by atoms with van der Waals surface area (Å²) in [5.74, 6) is 0.629. The van der Waals surface area contributed by atoms with Crippen molar-refractivity contribution in [3.8, 4) is 0 Å². The van der Waals surface area contributed by atoms with Crippen LogP contribution in [-0.4, -0.2) is 36.0 Å². The Morgan fingerprint density at radius 1 is 1.40 bits per heavy atom. The molecule has 1 atom stereocenters. The molecule has 5 nitrogen and oxygen atoms in total. The molecule has 0 spiro atoms. The van der Waals surface area contributed by atoms with Gasteiger partial charge in [-0.05, 0) is 43.0 Å². The Kier molecular flexibility index (Phi) is 6.18. The van der Waals surface area contributed by atoms with Gasteiger partial charge >= 0.3 is 0 Å². The molecular weight excluding hydrogens is 334 g/mol. The lowest BCUT2D eigenvalue weighted by Crippen LogP contribution is -2.33. The smallest absolute Gasteiger partial charge is 0.257 e. The van der Waals surface area contributed by atoms with Crippen LogP contribution < -0.4 is 5.32 Å². The average Bonchev–Trinajstić information content (AvgIpc) is 3.02. The second kappa shape index (κ2) is 8.56. The summed E-state index contributed by atoms with van der Waals surface area (Å²) >= 11 is 1.48. The summed E-state index contributed by atoms with van der Waals surface area (Å²) in [6.45, 7) is 5.98. The topological polar surface area (TPSA) is 54.5 Å². The van der Waals surface area contributed by atoms with Crippen LogP contribution in [0.1, 0.15) is 41.4 Å². The highest BCUT2D eigenvalue weighted by Crippen LogP contribution is 2.21. The highest BCUT2D eigenvalue weighted by Gasteiger charge is 2.17. The highest BCUT2D eigenvalue weighted by atomic mass is 32.1. The maximum atomic E-state index is 12.3. The van der Waals surface area contributed by atoms with Crippen molar-refractivity contribution < 1.29 is 9.53 Å². The fourth-order valence-electron chi connectivity index (χ4n) is 3.18. The van der Waals surface area contributed by atoms with Crippen molar-refractivity contribution in [2.24, 2.45) is 5.92 Å². The number of likely N-dealkylation sites (tertiary alicyclic amines) is 1. The number of amides is 1. The van der Waals surface area contributed by atoms with Gasteiger partial charge in [-0.3, -0.25) is 15.0 Å². The number of carbonyl (C=O) groups is 1. The van der Waals surface area contributed by atoms with Gasteiger partial charge in [0.2, 0.25) is 0 Å². The van der Waals surface area contributed by atoms with Crippen molar-refractivity contribution in [1.82, 2.24) is 9.88 Å². The number of hydrogen-bond donors (Lipinski definition) is 1. The van der Waals surface area contributed by atoms with Gasteiger partial charge in [0.25, 0.3) is 5.91 Å². The number of methoxy groups -OCH3 is 1. The Morgan fingerprint density at radius 3 is 2.92 bits per heavy atom. The number of thiazole rings is 1. The largest absolute Gasteiger partial charge is 0.380 e.